The predicted octanol–water partition coefficient (Wildman–Crippen LogP) is 3.81. The quantitative estimate of drug-likeness (QED) is 0.747. The second-order valence-corrected chi connectivity index (χ2v) is 9.70. The van der Waals surface area contributed by atoms with Gasteiger partial charge in [-0.1, -0.05) is 18.5 Å². The molecule has 0 radical (unpaired) electrons. The molecule has 6 nitrogen and oxygen atoms in total. The largest absolute Gasteiger partial charge is 0.477 e. The number of aliphatic hydroxyl groups is 1. The summed E-state index contributed by atoms with van der Waals surface area (Å²) >= 11 is 6.69. The molecule has 160 valence electrons. The summed E-state index contributed by atoms with van der Waals surface area (Å²) in [5.41, 5.74) is -0.510. The molecule has 1 aromatic heterocycles. The molecule has 2 saturated carbocycles. The molecule has 1 aromatic carbocycles. The number of rotatable bonds is 5. The molecule has 2 atom stereocenters. The molecule has 0 bridgehead atoms. The Balaban J connectivity index is 1.60. The zero-order valence-electron chi connectivity index (χ0n) is 16.7. The van der Waals surface area contributed by atoms with Crippen LogP contribution in [-0.4, -0.2) is 39.9 Å². The normalized spacial score (nSPS) is 23.7. The van der Waals surface area contributed by atoms with Crippen LogP contribution in [-0.2, 0) is 0 Å². The van der Waals surface area contributed by atoms with Crippen LogP contribution in [0.15, 0.2) is 17.1 Å². The van der Waals surface area contributed by atoms with Crippen LogP contribution in [0.1, 0.15) is 55.4 Å². The highest BCUT2D eigenvalue weighted by atomic mass is 35.5. The molecule has 2 aliphatic carbocycles. The first-order valence-corrected chi connectivity index (χ1v) is 10.8. The number of aliphatic hydroxyl groups excluding tert-OH is 1. The summed E-state index contributed by atoms with van der Waals surface area (Å²) in [5, 5.41) is 20.2. The van der Waals surface area contributed by atoms with Crippen LogP contribution in [0, 0.1) is 17.2 Å². The van der Waals surface area contributed by atoms with Gasteiger partial charge in [0, 0.05) is 31.2 Å². The standard InChI is InChI=1S/C22H24ClFN2O4/c1-22(5-6-22)20(28)11-4-7-25(9-11)18-15(24)8-13-17(16(18)23)26(12-2-3-12)10-14(19(13)27)21(29)30/h8,10-12,20,28H,2-7,9H2,1H3,(H,29,30). The number of halogens is 2. The Labute approximate surface area is 177 Å². The van der Waals surface area contributed by atoms with Crippen LogP contribution in [0.25, 0.3) is 10.9 Å². The zero-order valence-corrected chi connectivity index (χ0v) is 17.5. The first-order valence-electron chi connectivity index (χ1n) is 10.4. The van der Waals surface area contributed by atoms with Crippen molar-refractivity contribution in [2.24, 2.45) is 11.3 Å². The molecule has 3 fully saturated rings. The number of carboxylic acid groups (broad SMARTS) is 1. The van der Waals surface area contributed by atoms with E-state index in [4.69, 9.17) is 11.6 Å². The third kappa shape index (κ3) is 3.02. The Bertz CT molecular complexity index is 1120. The second kappa shape index (κ2) is 6.69. The lowest BCUT2D eigenvalue weighted by Gasteiger charge is -2.26. The van der Waals surface area contributed by atoms with Crippen molar-refractivity contribution in [1.82, 2.24) is 4.57 Å². The van der Waals surface area contributed by atoms with Gasteiger partial charge in [0.25, 0.3) is 0 Å². The maximum atomic E-state index is 15.2. The second-order valence-electron chi connectivity index (χ2n) is 9.33. The third-order valence-electron chi connectivity index (χ3n) is 7.09. The Hall–Kier alpha value is -2.12. The van der Waals surface area contributed by atoms with E-state index in [2.05, 4.69) is 6.92 Å². The van der Waals surface area contributed by atoms with Gasteiger partial charge in [0.2, 0.25) is 5.43 Å². The van der Waals surface area contributed by atoms with E-state index in [0.29, 0.717) is 18.6 Å². The third-order valence-corrected chi connectivity index (χ3v) is 7.45. The van der Waals surface area contributed by atoms with E-state index in [9.17, 15) is 19.8 Å². The number of carbonyl (C=O) groups is 1. The van der Waals surface area contributed by atoms with Crippen LogP contribution in [0.2, 0.25) is 5.02 Å². The fourth-order valence-corrected chi connectivity index (χ4v) is 5.23. The van der Waals surface area contributed by atoms with Gasteiger partial charge in [-0.05, 0) is 43.6 Å². The molecule has 8 heteroatoms. The lowest BCUT2D eigenvalue weighted by Crippen LogP contribution is -2.32. The molecule has 1 saturated heterocycles. The van der Waals surface area contributed by atoms with Crippen molar-refractivity contribution in [1.29, 1.82) is 0 Å². The molecule has 2 aromatic rings. The van der Waals surface area contributed by atoms with Crippen molar-refractivity contribution in [2.45, 2.75) is 51.2 Å². The summed E-state index contributed by atoms with van der Waals surface area (Å²) in [6.07, 6.45) is 5.39. The molecule has 2 unspecified atom stereocenters. The van der Waals surface area contributed by atoms with Gasteiger partial charge in [0.1, 0.15) is 11.4 Å². The number of hydrogen-bond donors (Lipinski definition) is 2. The number of benzene rings is 1. The van der Waals surface area contributed by atoms with E-state index < -0.39 is 23.3 Å². The summed E-state index contributed by atoms with van der Waals surface area (Å²) in [7, 11) is 0. The van der Waals surface area contributed by atoms with E-state index in [0.717, 1.165) is 38.2 Å². The van der Waals surface area contributed by atoms with Gasteiger partial charge in [-0.15, -0.1) is 0 Å². The van der Waals surface area contributed by atoms with Gasteiger partial charge in [0.05, 0.1) is 27.7 Å². The van der Waals surface area contributed by atoms with Crippen LogP contribution >= 0.6 is 11.6 Å². The molecule has 0 amide bonds. The number of nitrogens with zero attached hydrogens (tertiary/aromatic N) is 2. The van der Waals surface area contributed by atoms with Crippen molar-refractivity contribution >= 4 is 34.2 Å². The Morgan fingerprint density at radius 3 is 2.63 bits per heavy atom. The Morgan fingerprint density at radius 2 is 2.03 bits per heavy atom. The number of hydrogen-bond acceptors (Lipinski definition) is 4. The van der Waals surface area contributed by atoms with Gasteiger partial charge >= 0.3 is 5.97 Å². The highest BCUT2D eigenvalue weighted by Gasteiger charge is 2.48. The van der Waals surface area contributed by atoms with Crippen molar-refractivity contribution in [3.05, 3.63) is 38.9 Å². The van der Waals surface area contributed by atoms with E-state index in [-0.39, 0.29) is 39.0 Å². The average Bonchev–Trinajstić information content (AvgIpc) is 3.62. The van der Waals surface area contributed by atoms with Crippen molar-refractivity contribution in [3.63, 3.8) is 0 Å². The maximum Gasteiger partial charge on any atom is 0.341 e. The smallest absolute Gasteiger partial charge is 0.341 e. The molecular weight excluding hydrogens is 411 g/mol. The summed E-state index contributed by atoms with van der Waals surface area (Å²) in [4.78, 5) is 26.1. The number of fused-ring (bicyclic) bond motifs is 1. The number of pyridine rings is 1. The van der Waals surface area contributed by atoms with Crippen molar-refractivity contribution in [2.75, 3.05) is 18.0 Å². The number of carboxylic acids is 1. The van der Waals surface area contributed by atoms with Crippen molar-refractivity contribution < 1.29 is 19.4 Å². The highest BCUT2D eigenvalue weighted by Crippen LogP contribution is 2.52. The van der Waals surface area contributed by atoms with Gasteiger partial charge in [-0.2, -0.15) is 0 Å². The molecular formula is C22H24ClFN2O4. The minimum absolute atomic E-state index is 0.00526. The monoisotopic (exact) mass is 434 g/mol. The molecule has 1 aliphatic heterocycles. The van der Waals surface area contributed by atoms with Gasteiger partial charge in [0.15, 0.2) is 0 Å². The molecule has 2 N–H and O–H groups in total. The SMILES string of the molecule is CC1(C(O)C2CCN(c3c(F)cc4c(=O)c(C(=O)O)cn(C5CC5)c4c3Cl)C2)CC1. The van der Waals surface area contributed by atoms with E-state index in [1.54, 1.807) is 4.57 Å². The Kier molecular flexibility index (Phi) is 4.42. The van der Waals surface area contributed by atoms with E-state index >= 15 is 4.39 Å². The zero-order chi connectivity index (χ0) is 21.4. The number of aromatic carboxylic acids is 1. The lowest BCUT2D eigenvalue weighted by molar-refractivity contribution is 0.0535. The van der Waals surface area contributed by atoms with Crippen LogP contribution in [0.4, 0.5) is 10.1 Å². The minimum Gasteiger partial charge on any atom is -0.477 e. The van der Waals surface area contributed by atoms with E-state index in [1.807, 2.05) is 4.90 Å². The lowest BCUT2D eigenvalue weighted by atomic mass is 9.89. The number of aromatic nitrogens is 1. The first-order chi connectivity index (χ1) is 14.2. The van der Waals surface area contributed by atoms with Gasteiger partial charge in [-0.25, -0.2) is 9.18 Å². The maximum absolute atomic E-state index is 15.2. The summed E-state index contributed by atoms with van der Waals surface area (Å²) in [5.74, 6) is -1.92. The summed E-state index contributed by atoms with van der Waals surface area (Å²) in [6, 6.07) is 1.18. The topological polar surface area (TPSA) is 82.8 Å². The first kappa shape index (κ1) is 19.8. The molecule has 5 rings (SSSR count). The average molecular weight is 435 g/mol. The van der Waals surface area contributed by atoms with E-state index in [1.165, 1.54) is 6.20 Å². The molecule has 30 heavy (non-hydrogen) atoms. The fourth-order valence-electron chi connectivity index (χ4n) is 4.82. The fraction of sp³-hybridized carbons (Fsp3) is 0.545. The van der Waals surface area contributed by atoms with Crippen LogP contribution in [0.3, 0.4) is 0 Å². The molecule has 0 spiro atoms. The minimum atomic E-state index is -1.33. The molecule has 3 aliphatic rings. The highest BCUT2D eigenvalue weighted by molar-refractivity contribution is 6.38. The summed E-state index contributed by atoms with van der Waals surface area (Å²) < 4.78 is 16.9. The molecule has 2 heterocycles. The predicted molar refractivity (Wildman–Crippen MR) is 112 cm³/mol. The Morgan fingerprint density at radius 1 is 1.33 bits per heavy atom. The van der Waals surface area contributed by atoms with Crippen LogP contribution < -0.4 is 10.3 Å². The van der Waals surface area contributed by atoms with Crippen LogP contribution in [0.5, 0.6) is 0 Å². The van der Waals surface area contributed by atoms with Gasteiger partial charge < -0.3 is 19.7 Å². The van der Waals surface area contributed by atoms with Crippen molar-refractivity contribution in [3.8, 4) is 0 Å². The van der Waals surface area contributed by atoms with Gasteiger partial charge in [-0.3, -0.25) is 4.79 Å². The number of anilines is 1. The summed E-state index contributed by atoms with van der Waals surface area (Å²) in [6.45, 7) is 3.15.